The number of hydrogen-bond acceptors (Lipinski definition) is 16. The van der Waals surface area contributed by atoms with E-state index < -0.39 is 33.7 Å². The van der Waals surface area contributed by atoms with Crippen LogP contribution in [0.25, 0.3) is 39.8 Å². The van der Waals surface area contributed by atoms with Crippen molar-refractivity contribution in [2.24, 2.45) is 17.2 Å². The molecule has 0 fully saturated rings. The molecular weight excluding hydrogens is 1210 g/mol. The first-order valence-electron chi connectivity index (χ1n) is 27.9. The van der Waals surface area contributed by atoms with Crippen molar-refractivity contribution in [3.05, 3.63) is 185 Å². The Balaban J connectivity index is 0.776. The van der Waals surface area contributed by atoms with Gasteiger partial charge in [-0.15, -0.1) is 11.6 Å². The number of nitrogen functional groups attached to an aromatic ring is 3. The molecule has 0 aliphatic heterocycles. The summed E-state index contributed by atoms with van der Waals surface area (Å²) in [6.45, 7) is 0.567. The Bertz CT molecular complexity index is 4410. The fourth-order valence-electron chi connectivity index (χ4n) is 9.20. The van der Waals surface area contributed by atoms with Crippen LogP contribution >= 0.6 is 11.6 Å². The maximum atomic E-state index is 13.5. The Labute approximate surface area is 527 Å². The molecule has 6 aromatic carbocycles. The van der Waals surface area contributed by atoms with Crippen LogP contribution in [0.1, 0.15) is 42.2 Å². The summed E-state index contributed by atoms with van der Waals surface area (Å²) in [5.41, 5.74) is 39.6. The molecule has 0 unspecified atom stereocenters. The lowest BCUT2D eigenvalue weighted by molar-refractivity contribution is -0.127. The van der Waals surface area contributed by atoms with Crippen molar-refractivity contribution in [1.29, 1.82) is 0 Å². The first-order valence-corrected chi connectivity index (χ1v) is 29.9. The van der Waals surface area contributed by atoms with Crippen LogP contribution in [0.3, 0.4) is 0 Å². The highest BCUT2D eigenvalue weighted by molar-refractivity contribution is 7.92. The van der Waals surface area contributed by atoms with Gasteiger partial charge in [-0.3, -0.25) is 24.0 Å². The van der Waals surface area contributed by atoms with E-state index in [4.69, 9.17) is 60.2 Å². The maximum absolute atomic E-state index is 13.5. The van der Waals surface area contributed by atoms with Crippen molar-refractivity contribution in [2.75, 3.05) is 63.9 Å². The van der Waals surface area contributed by atoms with E-state index in [1.54, 1.807) is 135 Å². The van der Waals surface area contributed by atoms with Crippen molar-refractivity contribution in [1.82, 2.24) is 43.4 Å². The molecule has 0 saturated heterocycles. The Hall–Kier alpha value is -11.4. The van der Waals surface area contributed by atoms with E-state index >= 15 is 0 Å². The van der Waals surface area contributed by atoms with Crippen molar-refractivity contribution < 1.29 is 46.6 Å². The van der Waals surface area contributed by atoms with E-state index in [1.165, 1.54) is 37.0 Å². The number of carbonyl (C=O) groups excluding carboxylic acids is 5. The second-order valence-electron chi connectivity index (χ2n) is 20.5. The minimum Gasteiger partial charge on any atom is -0.457 e. The number of para-hydroxylation sites is 1. The second kappa shape index (κ2) is 28.2. The lowest BCUT2D eigenvalue weighted by atomic mass is 10.1. The van der Waals surface area contributed by atoms with E-state index in [2.05, 4.69) is 27.1 Å². The fraction of sp³-hybridized carbons (Fsp3) is 0.156. The van der Waals surface area contributed by atoms with Crippen LogP contribution in [0.5, 0.6) is 34.5 Å². The van der Waals surface area contributed by atoms with Gasteiger partial charge < -0.3 is 58.4 Å². The van der Waals surface area contributed by atoms with Crippen LogP contribution in [-0.2, 0) is 39.2 Å². The predicted molar refractivity (Wildman–Crippen MR) is 345 cm³/mol. The number of aromatic nitrogens is 6. The normalized spacial score (nSPS) is 11.3. The van der Waals surface area contributed by atoms with E-state index in [-0.39, 0.29) is 102 Å². The zero-order chi connectivity index (χ0) is 65.1. The molecule has 0 bridgehead atoms. The van der Waals surface area contributed by atoms with Crippen molar-refractivity contribution in [3.63, 3.8) is 0 Å². The van der Waals surface area contributed by atoms with E-state index in [0.29, 0.717) is 62.3 Å². The summed E-state index contributed by atoms with van der Waals surface area (Å²) in [4.78, 5) is 65.7. The third-order valence-electron chi connectivity index (χ3n) is 14.2. The second-order valence-corrected chi connectivity index (χ2v) is 22.7. The molecule has 3 aromatic heterocycles. The van der Waals surface area contributed by atoms with Crippen molar-refractivity contribution in [3.8, 4) is 80.1 Å². The molecule has 0 saturated carbocycles. The monoisotopic (exact) mass is 1270 g/mol. The number of primary amides is 3. The summed E-state index contributed by atoms with van der Waals surface area (Å²) < 4.78 is 50.3. The van der Waals surface area contributed by atoms with E-state index in [9.17, 15) is 32.4 Å². The number of ether oxygens (including phenoxy) is 3. The zero-order valence-corrected chi connectivity index (χ0v) is 51.0. The van der Waals surface area contributed by atoms with Gasteiger partial charge in [-0.2, -0.15) is 19.6 Å². The van der Waals surface area contributed by atoms with Gasteiger partial charge in [0.25, 0.3) is 23.6 Å². The predicted octanol–water partition coefficient (Wildman–Crippen LogP) is 6.84. The fourth-order valence-corrected chi connectivity index (χ4v) is 10.3. The van der Waals surface area contributed by atoms with Crippen LogP contribution in [-0.4, -0.2) is 128 Å². The average Bonchev–Trinajstić information content (AvgIpc) is 1.75. The SMILES string of the molecule is CN(CCn1nc(-c2ccc(Oc3ccccc3)cc2)c(C(N)=O)c1N)C(=O)C#Cc1cccc(Oc2ccc(-c3nn(CCN(C)S(=O)(=O)C=Cc4cccc(Oc5ccc(-c6nn(CCN(C)C(=O)CCl)c(N)c6C(N)=O)cc5)c4)c(N)c3C(N)=O)cc2)c1. The first-order chi connectivity index (χ1) is 43.6. The maximum Gasteiger partial charge on any atom is 0.298 e. The third kappa shape index (κ3) is 15.5. The third-order valence-corrected chi connectivity index (χ3v) is 16.0. The standard InChI is InChI=1S/C64H62ClN15O10S/c1-75(30-33-78-59(66)53(62(69)83)56(72-78)42-16-22-46(23-17-42)88-45-11-5-4-6-12-45)51(81)28-15-40-9-7-13-49(37-40)89-47-24-20-44(21-25-47)58-55(64(71)85)61(68)80(74-58)35-32-77(3)91(86,87)36-29-41-10-8-14-50(38-41)90-48-26-18-43(19-27-48)57-54(63(70)84)60(67)79(73-57)34-31-76(2)52(82)39-65/h4-14,16-27,29,36-38H,30-35,39,66-68H2,1-3H3,(H2,69,83)(H2,70,84)(H2,71,85). The highest BCUT2D eigenvalue weighted by Crippen LogP contribution is 2.34. The summed E-state index contributed by atoms with van der Waals surface area (Å²) in [5.74, 6) is 5.12. The summed E-state index contributed by atoms with van der Waals surface area (Å²) in [6, 6.07) is 43.1. The molecule has 9 aromatic rings. The molecule has 27 heteroatoms. The molecule has 0 aliphatic carbocycles. The number of benzene rings is 6. The molecule has 466 valence electrons. The highest BCUT2D eigenvalue weighted by atomic mass is 35.5. The molecule has 5 amide bonds. The van der Waals surface area contributed by atoms with Gasteiger partial charge in [0, 0.05) is 74.4 Å². The number of amides is 5. The molecule has 12 N–H and O–H groups in total. The number of likely N-dealkylation sites (N-methyl/N-ethyl adjacent to an activating group) is 3. The van der Waals surface area contributed by atoms with Gasteiger partial charge in [0.15, 0.2) is 0 Å². The van der Waals surface area contributed by atoms with E-state index in [1.807, 2.05) is 30.3 Å². The molecule has 0 atom stereocenters. The van der Waals surface area contributed by atoms with Gasteiger partial charge in [-0.25, -0.2) is 22.5 Å². The number of anilines is 3. The summed E-state index contributed by atoms with van der Waals surface area (Å²) in [5, 5.41) is 14.7. The van der Waals surface area contributed by atoms with Crippen molar-refractivity contribution >= 4 is 74.7 Å². The summed E-state index contributed by atoms with van der Waals surface area (Å²) >= 11 is 5.66. The molecule has 3 heterocycles. The number of halogens is 1. The number of alkyl halides is 1. The number of rotatable bonds is 25. The Kier molecular flexibility index (Phi) is 19.8. The van der Waals surface area contributed by atoms with Gasteiger partial charge >= 0.3 is 0 Å². The van der Waals surface area contributed by atoms with Gasteiger partial charge in [-0.1, -0.05) is 42.3 Å². The minimum absolute atomic E-state index is 0.0272. The quantitative estimate of drug-likeness (QED) is 0.0252. The van der Waals surface area contributed by atoms with Gasteiger partial charge in [0.05, 0.1) is 19.6 Å². The highest BCUT2D eigenvalue weighted by Gasteiger charge is 2.26. The lowest BCUT2D eigenvalue weighted by Gasteiger charge is -2.15. The summed E-state index contributed by atoms with van der Waals surface area (Å²) in [7, 11) is 0.549. The number of hydrogen-bond donors (Lipinski definition) is 6. The van der Waals surface area contributed by atoms with Crippen LogP contribution < -0.4 is 48.6 Å². The topological polar surface area (TPSA) is 366 Å². The summed E-state index contributed by atoms with van der Waals surface area (Å²) in [6.07, 6.45) is 1.42. The molecular formula is C64H62ClN15O10S. The van der Waals surface area contributed by atoms with Crippen molar-refractivity contribution in [2.45, 2.75) is 19.6 Å². The Morgan fingerprint density at radius 1 is 0.516 bits per heavy atom. The molecule has 0 radical (unpaired) electrons. The van der Waals surface area contributed by atoms with Crippen LogP contribution in [0.15, 0.2) is 157 Å². The smallest absolute Gasteiger partial charge is 0.298 e. The van der Waals surface area contributed by atoms with Gasteiger partial charge in [0.1, 0.15) is 91.6 Å². The van der Waals surface area contributed by atoms with Gasteiger partial charge in [-0.05, 0) is 127 Å². The molecule has 25 nitrogen and oxygen atoms in total. The average molecular weight is 1270 g/mol. The molecule has 0 aliphatic rings. The first kappa shape index (κ1) is 64.1. The molecule has 9 rings (SSSR count). The van der Waals surface area contributed by atoms with Gasteiger partial charge in [0.2, 0.25) is 15.9 Å². The lowest BCUT2D eigenvalue weighted by Crippen LogP contribution is -2.31. The largest absolute Gasteiger partial charge is 0.457 e. The molecule has 0 spiro atoms. The number of nitrogens with two attached hydrogens (primary N) is 6. The van der Waals surface area contributed by atoms with E-state index in [0.717, 1.165) is 9.71 Å². The minimum atomic E-state index is -4.00. The number of sulfonamides is 1. The van der Waals surface area contributed by atoms with Crippen LogP contribution in [0.4, 0.5) is 17.5 Å². The van der Waals surface area contributed by atoms with Crippen LogP contribution in [0.2, 0.25) is 0 Å². The zero-order valence-electron chi connectivity index (χ0n) is 49.4. The number of nitrogens with zero attached hydrogens (tertiary/aromatic N) is 9. The van der Waals surface area contributed by atoms with Crippen LogP contribution in [0, 0.1) is 11.8 Å². The Morgan fingerprint density at radius 2 is 0.912 bits per heavy atom. The molecule has 91 heavy (non-hydrogen) atoms. The Morgan fingerprint density at radius 3 is 1.36 bits per heavy atom. The number of carbonyl (C=O) groups is 5.